The van der Waals surface area contributed by atoms with Gasteiger partial charge < -0.3 is 20.9 Å². The van der Waals surface area contributed by atoms with E-state index < -0.39 is 17.6 Å². The van der Waals surface area contributed by atoms with Crippen LogP contribution in [0.4, 0.5) is 19.3 Å². The lowest BCUT2D eigenvalue weighted by molar-refractivity contribution is -0.132. The summed E-state index contributed by atoms with van der Waals surface area (Å²) >= 11 is 12.0. The van der Waals surface area contributed by atoms with E-state index >= 15 is 0 Å². The summed E-state index contributed by atoms with van der Waals surface area (Å²) < 4.78 is 28.8. The quantitative estimate of drug-likeness (QED) is 0.672. The van der Waals surface area contributed by atoms with Gasteiger partial charge in [-0.25, -0.2) is 4.79 Å². The fraction of sp³-hybridized carbons (Fsp3) is 0.421. The summed E-state index contributed by atoms with van der Waals surface area (Å²) in [6.07, 6.45) is 0. The molecular weight excluding hydrogens is 453 g/mol. The standard InChI is InChI=1S/C19H22Cl2F2N6O2/c1-19(22,23)17-16(21)14(10-25-18(24)31)29(26-17)11-15(30)28-8-6-27(7-9-28)13-4-2-12(20)3-5-13/h2-5H,6-11H2,1H3,(H3,24,25,31). The van der Waals surface area contributed by atoms with Gasteiger partial charge in [0.15, 0.2) is 0 Å². The monoisotopic (exact) mass is 474 g/mol. The second kappa shape index (κ2) is 9.27. The Hall–Kier alpha value is -2.59. The Morgan fingerprint density at radius 3 is 2.32 bits per heavy atom. The van der Waals surface area contributed by atoms with Crippen LogP contribution in [0.25, 0.3) is 0 Å². The summed E-state index contributed by atoms with van der Waals surface area (Å²) in [6.45, 7) is 2.30. The summed E-state index contributed by atoms with van der Waals surface area (Å²) in [7, 11) is 0. The third kappa shape index (κ3) is 5.56. The highest BCUT2D eigenvalue weighted by Crippen LogP contribution is 2.34. The maximum absolute atomic E-state index is 13.8. The van der Waals surface area contributed by atoms with E-state index in [0.717, 1.165) is 10.4 Å². The second-order valence-electron chi connectivity index (χ2n) is 7.22. The highest BCUT2D eigenvalue weighted by atomic mass is 35.5. The molecule has 0 saturated carbocycles. The van der Waals surface area contributed by atoms with E-state index in [1.807, 2.05) is 12.1 Å². The Bertz CT molecular complexity index is 954. The van der Waals surface area contributed by atoms with Crippen LogP contribution in [-0.4, -0.2) is 52.8 Å². The summed E-state index contributed by atoms with van der Waals surface area (Å²) in [5.74, 6) is -3.60. The number of nitrogens with two attached hydrogens (primary N) is 1. The van der Waals surface area contributed by atoms with Gasteiger partial charge in [-0.05, 0) is 24.3 Å². The zero-order chi connectivity index (χ0) is 22.8. The van der Waals surface area contributed by atoms with Gasteiger partial charge in [0.2, 0.25) is 5.91 Å². The molecule has 0 aliphatic carbocycles. The highest BCUT2D eigenvalue weighted by molar-refractivity contribution is 6.32. The van der Waals surface area contributed by atoms with Crippen molar-refractivity contribution < 1.29 is 18.4 Å². The number of rotatable bonds is 6. The first kappa shape index (κ1) is 23.1. The molecule has 3 N–H and O–H groups in total. The van der Waals surface area contributed by atoms with Crippen molar-refractivity contribution in [1.82, 2.24) is 20.0 Å². The first-order valence-electron chi connectivity index (χ1n) is 9.51. The van der Waals surface area contributed by atoms with Crippen LogP contribution in [0.1, 0.15) is 18.3 Å². The Labute approximate surface area is 187 Å². The van der Waals surface area contributed by atoms with E-state index in [0.29, 0.717) is 38.1 Å². The third-order valence-corrected chi connectivity index (χ3v) is 5.60. The van der Waals surface area contributed by atoms with Crippen LogP contribution in [0.5, 0.6) is 0 Å². The van der Waals surface area contributed by atoms with Crippen LogP contribution in [-0.2, 0) is 23.8 Å². The molecule has 0 atom stereocenters. The predicted octanol–water partition coefficient (Wildman–Crippen LogP) is 2.82. The van der Waals surface area contributed by atoms with Crippen LogP contribution in [0.3, 0.4) is 0 Å². The first-order chi connectivity index (χ1) is 14.6. The number of nitrogens with zero attached hydrogens (tertiary/aromatic N) is 4. The molecule has 1 aliphatic heterocycles. The minimum atomic E-state index is -3.31. The van der Waals surface area contributed by atoms with Crippen LogP contribution in [0.15, 0.2) is 24.3 Å². The molecule has 2 aromatic rings. The van der Waals surface area contributed by atoms with E-state index in [1.54, 1.807) is 17.0 Å². The molecule has 12 heteroatoms. The van der Waals surface area contributed by atoms with Gasteiger partial charge in [-0.2, -0.15) is 13.9 Å². The van der Waals surface area contributed by atoms with Crippen molar-refractivity contribution in [2.24, 2.45) is 5.73 Å². The average Bonchev–Trinajstić information content (AvgIpc) is 3.02. The van der Waals surface area contributed by atoms with Crippen LogP contribution in [0, 0.1) is 0 Å². The predicted molar refractivity (Wildman–Crippen MR) is 113 cm³/mol. The number of benzene rings is 1. The van der Waals surface area contributed by atoms with Crippen molar-refractivity contribution in [3.63, 3.8) is 0 Å². The number of amides is 3. The van der Waals surface area contributed by atoms with Crippen molar-refractivity contribution in [3.8, 4) is 0 Å². The summed E-state index contributed by atoms with van der Waals surface area (Å²) in [5, 5.41) is 6.48. The molecule has 3 rings (SSSR count). The summed E-state index contributed by atoms with van der Waals surface area (Å²) in [4.78, 5) is 27.6. The summed E-state index contributed by atoms with van der Waals surface area (Å²) in [6, 6.07) is 6.58. The zero-order valence-corrected chi connectivity index (χ0v) is 18.3. The van der Waals surface area contributed by atoms with Gasteiger partial charge in [0.25, 0.3) is 5.92 Å². The second-order valence-corrected chi connectivity index (χ2v) is 8.03. The Morgan fingerprint density at radius 1 is 1.16 bits per heavy atom. The highest BCUT2D eigenvalue weighted by Gasteiger charge is 2.34. The molecule has 1 aromatic carbocycles. The van der Waals surface area contributed by atoms with E-state index in [-0.39, 0.29) is 29.7 Å². The van der Waals surface area contributed by atoms with Crippen molar-refractivity contribution in [1.29, 1.82) is 0 Å². The van der Waals surface area contributed by atoms with Crippen molar-refractivity contribution in [2.75, 3.05) is 31.1 Å². The van der Waals surface area contributed by atoms with Gasteiger partial charge in [-0.15, -0.1) is 0 Å². The fourth-order valence-electron chi connectivity index (χ4n) is 3.32. The summed E-state index contributed by atoms with van der Waals surface area (Å²) in [5.41, 5.74) is 5.50. The van der Waals surface area contributed by atoms with Crippen LogP contribution >= 0.6 is 23.2 Å². The smallest absolute Gasteiger partial charge is 0.312 e. The number of halogens is 4. The maximum Gasteiger partial charge on any atom is 0.312 e. The molecule has 1 aromatic heterocycles. The number of aromatic nitrogens is 2. The molecule has 168 valence electrons. The van der Waals surface area contributed by atoms with Gasteiger partial charge in [-0.3, -0.25) is 9.48 Å². The molecule has 0 unspecified atom stereocenters. The largest absolute Gasteiger partial charge is 0.368 e. The molecule has 1 aliphatic rings. The molecule has 0 radical (unpaired) electrons. The fourth-order valence-corrected chi connectivity index (χ4v) is 3.81. The number of hydrogen-bond donors (Lipinski definition) is 2. The number of carbonyl (C=O) groups excluding carboxylic acids is 2. The number of anilines is 1. The van der Waals surface area contributed by atoms with Crippen molar-refractivity contribution in [3.05, 3.63) is 45.7 Å². The number of alkyl halides is 2. The Balaban J connectivity index is 1.69. The first-order valence-corrected chi connectivity index (χ1v) is 10.3. The van der Waals surface area contributed by atoms with Gasteiger partial charge in [-0.1, -0.05) is 23.2 Å². The molecule has 0 bridgehead atoms. The van der Waals surface area contributed by atoms with Crippen LogP contribution < -0.4 is 16.0 Å². The lowest BCUT2D eigenvalue weighted by Crippen LogP contribution is -2.49. The molecular formula is C19H22Cl2F2N6O2. The van der Waals surface area contributed by atoms with E-state index in [1.165, 1.54) is 0 Å². The lowest BCUT2D eigenvalue weighted by Gasteiger charge is -2.36. The molecule has 1 fully saturated rings. The SMILES string of the molecule is CC(F)(F)c1nn(CC(=O)N2CCN(c3ccc(Cl)cc3)CC2)c(CNC(N)=O)c1Cl. The number of piperazine rings is 1. The topological polar surface area (TPSA) is 96.5 Å². The van der Waals surface area contributed by atoms with E-state index in [9.17, 15) is 18.4 Å². The molecule has 8 nitrogen and oxygen atoms in total. The van der Waals surface area contributed by atoms with E-state index in [2.05, 4.69) is 15.3 Å². The Kier molecular flexibility index (Phi) is 6.90. The normalized spacial score (nSPS) is 14.6. The maximum atomic E-state index is 13.8. The van der Waals surface area contributed by atoms with Gasteiger partial charge in [0, 0.05) is 43.8 Å². The molecule has 0 spiro atoms. The Morgan fingerprint density at radius 2 is 1.77 bits per heavy atom. The average molecular weight is 475 g/mol. The molecule has 3 amide bonds. The number of hydrogen-bond acceptors (Lipinski definition) is 4. The molecule has 2 heterocycles. The van der Waals surface area contributed by atoms with Gasteiger partial charge in [0.1, 0.15) is 12.2 Å². The van der Waals surface area contributed by atoms with E-state index in [4.69, 9.17) is 28.9 Å². The lowest BCUT2D eigenvalue weighted by atomic mass is 10.2. The molecule has 31 heavy (non-hydrogen) atoms. The third-order valence-electron chi connectivity index (χ3n) is 4.95. The van der Waals surface area contributed by atoms with Gasteiger partial charge in [0.05, 0.1) is 17.3 Å². The minimum absolute atomic E-state index is 0.0881. The number of carbonyl (C=O) groups is 2. The van der Waals surface area contributed by atoms with Crippen molar-refractivity contribution >= 4 is 40.8 Å². The van der Waals surface area contributed by atoms with Crippen molar-refractivity contribution in [2.45, 2.75) is 25.9 Å². The number of primary amides is 1. The zero-order valence-electron chi connectivity index (χ0n) is 16.7. The molecule has 1 saturated heterocycles. The number of urea groups is 1. The minimum Gasteiger partial charge on any atom is -0.368 e. The van der Waals surface area contributed by atoms with Crippen LogP contribution in [0.2, 0.25) is 10.0 Å². The van der Waals surface area contributed by atoms with Gasteiger partial charge >= 0.3 is 6.03 Å². The number of nitrogens with one attached hydrogen (secondary N) is 1.